The Kier molecular flexibility index (Phi) is 4.96. The fraction of sp³-hybridized carbons (Fsp3) is 0.368. The molecule has 0 saturated heterocycles. The van der Waals surface area contributed by atoms with Crippen LogP contribution in [-0.4, -0.2) is 6.04 Å². The average Bonchev–Trinajstić information content (AvgIpc) is 3.06. The fourth-order valence-corrected chi connectivity index (χ4v) is 3.00. The van der Waals surface area contributed by atoms with E-state index >= 15 is 0 Å². The summed E-state index contributed by atoms with van der Waals surface area (Å²) in [7, 11) is 0. The van der Waals surface area contributed by atoms with Crippen molar-refractivity contribution in [3.63, 3.8) is 0 Å². The quantitative estimate of drug-likeness (QED) is 0.795. The van der Waals surface area contributed by atoms with Gasteiger partial charge in [0.2, 0.25) is 0 Å². The second kappa shape index (κ2) is 7.32. The molecule has 3 nitrogen and oxygen atoms in total. The first kappa shape index (κ1) is 14.9. The van der Waals surface area contributed by atoms with Crippen LogP contribution in [0.1, 0.15) is 36.8 Å². The van der Waals surface area contributed by atoms with Gasteiger partial charge in [-0.2, -0.15) is 0 Å². The van der Waals surface area contributed by atoms with Crippen molar-refractivity contribution in [1.82, 2.24) is 5.32 Å². The first-order valence-corrected chi connectivity index (χ1v) is 8.10. The van der Waals surface area contributed by atoms with E-state index in [1.165, 1.54) is 31.2 Å². The molecule has 0 unspecified atom stereocenters. The number of nitrogens with one attached hydrogen (secondary N) is 1. The zero-order valence-electron chi connectivity index (χ0n) is 12.9. The largest absolute Gasteiger partial charge is 0.489 e. The zero-order valence-corrected chi connectivity index (χ0v) is 12.9. The van der Waals surface area contributed by atoms with Gasteiger partial charge in [0, 0.05) is 23.8 Å². The van der Waals surface area contributed by atoms with Gasteiger partial charge in [0.05, 0.1) is 0 Å². The molecule has 0 spiro atoms. The molecule has 0 atom stereocenters. The monoisotopic (exact) mass is 296 g/mol. The molecule has 0 heterocycles. The van der Waals surface area contributed by atoms with Crippen LogP contribution in [0.2, 0.25) is 0 Å². The van der Waals surface area contributed by atoms with Crippen LogP contribution in [-0.2, 0) is 13.2 Å². The zero-order chi connectivity index (χ0) is 15.2. The number of rotatable bonds is 6. The van der Waals surface area contributed by atoms with Gasteiger partial charge in [0.25, 0.3) is 0 Å². The van der Waals surface area contributed by atoms with Crippen LogP contribution in [0.15, 0.2) is 48.5 Å². The number of ether oxygens (including phenoxy) is 1. The Bertz CT molecular complexity index is 592. The van der Waals surface area contributed by atoms with E-state index in [0.717, 1.165) is 23.5 Å². The Hall–Kier alpha value is -2.00. The van der Waals surface area contributed by atoms with Crippen LogP contribution in [0.4, 0.5) is 5.69 Å². The molecule has 2 aromatic rings. The van der Waals surface area contributed by atoms with Crippen LogP contribution in [0.3, 0.4) is 0 Å². The molecule has 0 bridgehead atoms. The third kappa shape index (κ3) is 4.01. The molecule has 3 N–H and O–H groups in total. The van der Waals surface area contributed by atoms with Gasteiger partial charge in [-0.25, -0.2) is 0 Å². The maximum absolute atomic E-state index is 6.00. The summed E-state index contributed by atoms with van der Waals surface area (Å²) in [6.45, 7) is 1.40. The molecule has 1 aliphatic carbocycles. The third-order valence-corrected chi connectivity index (χ3v) is 4.26. The molecule has 116 valence electrons. The lowest BCUT2D eigenvalue weighted by molar-refractivity contribution is 0.301. The van der Waals surface area contributed by atoms with Crippen LogP contribution in [0.25, 0.3) is 0 Å². The maximum Gasteiger partial charge on any atom is 0.124 e. The second-order valence-electron chi connectivity index (χ2n) is 6.00. The van der Waals surface area contributed by atoms with Crippen molar-refractivity contribution in [2.24, 2.45) is 0 Å². The molecule has 0 aliphatic heterocycles. The normalized spacial score (nSPS) is 15.1. The van der Waals surface area contributed by atoms with Crippen molar-refractivity contribution < 1.29 is 4.74 Å². The first-order valence-electron chi connectivity index (χ1n) is 8.10. The highest BCUT2D eigenvalue weighted by Gasteiger charge is 2.15. The van der Waals surface area contributed by atoms with Crippen molar-refractivity contribution in [1.29, 1.82) is 0 Å². The Morgan fingerprint density at radius 3 is 2.59 bits per heavy atom. The Balaban J connectivity index is 1.64. The molecule has 1 aliphatic rings. The van der Waals surface area contributed by atoms with Gasteiger partial charge < -0.3 is 15.8 Å². The van der Waals surface area contributed by atoms with Crippen molar-refractivity contribution in [3.05, 3.63) is 59.7 Å². The number of anilines is 1. The summed E-state index contributed by atoms with van der Waals surface area (Å²) in [5.41, 5.74) is 9.04. The highest BCUT2D eigenvalue weighted by atomic mass is 16.5. The van der Waals surface area contributed by atoms with E-state index in [-0.39, 0.29) is 0 Å². The SMILES string of the molecule is Nc1ccc(OCc2ccccc2)c(CNC2CCCC2)c1. The molecule has 1 fully saturated rings. The van der Waals surface area contributed by atoms with E-state index in [4.69, 9.17) is 10.5 Å². The number of hydrogen-bond donors (Lipinski definition) is 2. The molecule has 1 saturated carbocycles. The van der Waals surface area contributed by atoms with E-state index in [1.807, 2.05) is 36.4 Å². The Morgan fingerprint density at radius 1 is 1.05 bits per heavy atom. The minimum Gasteiger partial charge on any atom is -0.489 e. The van der Waals surface area contributed by atoms with E-state index < -0.39 is 0 Å². The van der Waals surface area contributed by atoms with Crippen molar-refractivity contribution in [3.8, 4) is 5.75 Å². The third-order valence-electron chi connectivity index (χ3n) is 4.26. The smallest absolute Gasteiger partial charge is 0.124 e. The standard InChI is InChI=1S/C19H24N2O/c20-17-10-11-19(22-14-15-6-2-1-3-7-15)16(12-17)13-21-18-8-4-5-9-18/h1-3,6-7,10-12,18,21H,4-5,8-9,13-14,20H2. The fourth-order valence-electron chi connectivity index (χ4n) is 3.00. The molecule has 3 heteroatoms. The van der Waals surface area contributed by atoms with Crippen molar-refractivity contribution in [2.75, 3.05) is 5.73 Å². The topological polar surface area (TPSA) is 47.3 Å². The molecule has 2 aromatic carbocycles. The lowest BCUT2D eigenvalue weighted by atomic mass is 10.1. The summed E-state index contributed by atoms with van der Waals surface area (Å²) in [4.78, 5) is 0. The van der Waals surface area contributed by atoms with E-state index in [9.17, 15) is 0 Å². The van der Waals surface area contributed by atoms with Gasteiger partial charge in [-0.05, 0) is 36.6 Å². The predicted molar refractivity (Wildman–Crippen MR) is 90.7 cm³/mol. The minimum absolute atomic E-state index is 0.585. The first-order chi connectivity index (χ1) is 10.8. The molecule has 0 aromatic heterocycles. The van der Waals surface area contributed by atoms with Crippen LogP contribution in [0, 0.1) is 0 Å². The van der Waals surface area contributed by atoms with E-state index in [1.54, 1.807) is 0 Å². The van der Waals surface area contributed by atoms with Crippen LogP contribution >= 0.6 is 0 Å². The summed E-state index contributed by atoms with van der Waals surface area (Å²) in [5, 5.41) is 3.63. The van der Waals surface area contributed by atoms with Crippen LogP contribution < -0.4 is 15.8 Å². The Morgan fingerprint density at radius 2 is 1.82 bits per heavy atom. The molecule has 0 amide bonds. The number of nitrogens with two attached hydrogens (primary N) is 1. The van der Waals surface area contributed by atoms with Gasteiger partial charge in [-0.3, -0.25) is 0 Å². The van der Waals surface area contributed by atoms with Gasteiger partial charge in [-0.1, -0.05) is 43.2 Å². The van der Waals surface area contributed by atoms with Gasteiger partial charge in [0.1, 0.15) is 12.4 Å². The lowest BCUT2D eigenvalue weighted by Gasteiger charge is -2.16. The van der Waals surface area contributed by atoms with Gasteiger partial charge >= 0.3 is 0 Å². The summed E-state index contributed by atoms with van der Waals surface area (Å²) < 4.78 is 6.00. The highest BCUT2D eigenvalue weighted by Crippen LogP contribution is 2.24. The second-order valence-corrected chi connectivity index (χ2v) is 6.00. The maximum atomic E-state index is 6.00. The molecule has 0 radical (unpaired) electrons. The molecular formula is C19H24N2O. The van der Waals surface area contributed by atoms with Gasteiger partial charge in [-0.15, -0.1) is 0 Å². The lowest BCUT2D eigenvalue weighted by Crippen LogP contribution is -2.25. The number of benzene rings is 2. The summed E-state index contributed by atoms with van der Waals surface area (Å²) in [6.07, 6.45) is 5.24. The summed E-state index contributed by atoms with van der Waals surface area (Å²) in [5.74, 6) is 0.920. The molecule has 3 rings (SSSR count). The summed E-state index contributed by atoms with van der Waals surface area (Å²) in [6, 6.07) is 16.8. The Labute approximate surface area is 132 Å². The molecular weight excluding hydrogens is 272 g/mol. The summed E-state index contributed by atoms with van der Waals surface area (Å²) >= 11 is 0. The highest BCUT2D eigenvalue weighted by molar-refractivity contribution is 5.48. The van der Waals surface area contributed by atoms with E-state index in [2.05, 4.69) is 17.4 Å². The number of nitrogen functional groups attached to an aromatic ring is 1. The number of hydrogen-bond acceptors (Lipinski definition) is 3. The van der Waals surface area contributed by atoms with E-state index in [0.29, 0.717) is 12.6 Å². The average molecular weight is 296 g/mol. The van der Waals surface area contributed by atoms with Crippen molar-refractivity contribution in [2.45, 2.75) is 44.9 Å². The minimum atomic E-state index is 0.585. The molecule has 22 heavy (non-hydrogen) atoms. The predicted octanol–water partition coefficient (Wildman–Crippen LogP) is 3.88. The van der Waals surface area contributed by atoms with Crippen molar-refractivity contribution >= 4 is 5.69 Å². The van der Waals surface area contributed by atoms with Gasteiger partial charge in [0.15, 0.2) is 0 Å². The van der Waals surface area contributed by atoms with Crippen LogP contribution in [0.5, 0.6) is 5.75 Å².